The molecule has 1 aliphatic heterocycles. The summed E-state index contributed by atoms with van der Waals surface area (Å²) in [7, 11) is 0. The van der Waals surface area contributed by atoms with Crippen LogP contribution in [-0.4, -0.2) is 18.5 Å². The van der Waals surface area contributed by atoms with Gasteiger partial charge in [-0.15, -0.1) is 0 Å². The molecule has 0 aliphatic carbocycles. The number of benzene rings is 1. The van der Waals surface area contributed by atoms with Crippen LogP contribution in [0.15, 0.2) is 10.5 Å². The van der Waals surface area contributed by atoms with Gasteiger partial charge in [0.2, 0.25) is 6.79 Å². The lowest BCUT2D eigenvalue weighted by molar-refractivity contribution is 0.173. The number of halogens is 1. The lowest BCUT2D eigenvalue weighted by Crippen LogP contribution is -2.24. The summed E-state index contributed by atoms with van der Waals surface area (Å²) in [6, 6.07) is 1.99. The number of aliphatic hydroxyl groups is 1. The van der Waals surface area contributed by atoms with Gasteiger partial charge in [-0.3, -0.25) is 0 Å². The van der Waals surface area contributed by atoms with Gasteiger partial charge >= 0.3 is 0 Å². The topological polar surface area (TPSA) is 38.7 Å². The Kier molecular flexibility index (Phi) is 3.36. The van der Waals surface area contributed by atoms with E-state index in [0.717, 1.165) is 28.0 Å². The number of hydrogen-bond acceptors (Lipinski definition) is 3. The molecule has 0 spiro atoms. The van der Waals surface area contributed by atoms with Gasteiger partial charge in [-0.2, -0.15) is 0 Å². The summed E-state index contributed by atoms with van der Waals surface area (Å²) in [5, 5.41) is 9.52. The number of ether oxygens (including phenoxy) is 2. The first-order chi connectivity index (χ1) is 8.01. The van der Waals surface area contributed by atoms with Crippen molar-refractivity contribution >= 4 is 15.9 Å². The molecule has 0 unspecified atom stereocenters. The van der Waals surface area contributed by atoms with Crippen molar-refractivity contribution in [3.05, 3.63) is 21.7 Å². The monoisotopic (exact) mass is 300 g/mol. The molecule has 0 atom stereocenters. The van der Waals surface area contributed by atoms with E-state index in [1.165, 1.54) is 5.56 Å². The molecule has 94 valence electrons. The van der Waals surface area contributed by atoms with Crippen LogP contribution in [0.1, 0.15) is 31.9 Å². The number of fused-ring (bicyclic) bond motifs is 1. The highest BCUT2D eigenvalue weighted by Gasteiger charge is 2.29. The predicted molar refractivity (Wildman–Crippen MR) is 69.8 cm³/mol. The van der Waals surface area contributed by atoms with Gasteiger partial charge in [-0.1, -0.05) is 20.8 Å². The second-order valence-corrected chi connectivity index (χ2v) is 5.64. The summed E-state index contributed by atoms with van der Waals surface area (Å²) in [6.07, 6.45) is 0.885. The third kappa shape index (κ3) is 2.04. The SMILES string of the molecule is CCc1c(C(C)(C)CO)cc2c(c1Br)OCO2. The Bertz CT molecular complexity index is 441. The van der Waals surface area contributed by atoms with E-state index in [0.29, 0.717) is 0 Å². The molecule has 1 N–H and O–H groups in total. The smallest absolute Gasteiger partial charge is 0.231 e. The molecule has 0 aromatic heterocycles. The highest BCUT2D eigenvalue weighted by molar-refractivity contribution is 9.10. The van der Waals surface area contributed by atoms with Crippen LogP contribution in [-0.2, 0) is 11.8 Å². The zero-order chi connectivity index (χ0) is 12.6. The zero-order valence-electron chi connectivity index (χ0n) is 10.3. The van der Waals surface area contributed by atoms with E-state index in [2.05, 4.69) is 22.9 Å². The minimum atomic E-state index is -0.283. The second-order valence-electron chi connectivity index (χ2n) is 4.85. The average Bonchev–Trinajstić information content (AvgIpc) is 2.77. The lowest BCUT2D eigenvalue weighted by atomic mass is 9.81. The van der Waals surface area contributed by atoms with E-state index < -0.39 is 0 Å². The Balaban J connectivity index is 2.64. The van der Waals surface area contributed by atoms with E-state index >= 15 is 0 Å². The maximum atomic E-state index is 9.52. The van der Waals surface area contributed by atoms with Crippen molar-refractivity contribution in [2.75, 3.05) is 13.4 Å². The van der Waals surface area contributed by atoms with Gasteiger partial charge in [0.25, 0.3) is 0 Å². The standard InChI is InChI=1S/C13H17BrO3/c1-4-8-9(13(2,3)6-15)5-10-12(11(8)14)17-7-16-10/h5,15H,4,6-7H2,1-3H3. The van der Waals surface area contributed by atoms with Gasteiger partial charge in [-0.05, 0) is 39.5 Å². The fourth-order valence-corrected chi connectivity index (χ4v) is 2.88. The molecule has 0 radical (unpaired) electrons. The summed E-state index contributed by atoms with van der Waals surface area (Å²) in [5.41, 5.74) is 2.00. The van der Waals surface area contributed by atoms with E-state index in [9.17, 15) is 5.11 Å². The van der Waals surface area contributed by atoms with Crippen LogP contribution in [0.5, 0.6) is 11.5 Å². The Morgan fingerprint density at radius 3 is 2.71 bits per heavy atom. The van der Waals surface area contributed by atoms with Crippen LogP contribution in [0.25, 0.3) is 0 Å². The van der Waals surface area contributed by atoms with Crippen molar-refractivity contribution in [1.82, 2.24) is 0 Å². The first kappa shape index (κ1) is 12.7. The lowest BCUT2D eigenvalue weighted by Gasteiger charge is -2.26. The fraction of sp³-hybridized carbons (Fsp3) is 0.538. The van der Waals surface area contributed by atoms with Gasteiger partial charge in [-0.25, -0.2) is 0 Å². The molecule has 0 saturated heterocycles. The molecule has 0 bridgehead atoms. The van der Waals surface area contributed by atoms with Crippen molar-refractivity contribution in [3.63, 3.8) is 0 Å². The van der Waals surface area contributed by atoms with Gasteiger partial charge in [0.15, 0.2) is 11.5 Å². The first-order valence-electron chi connectivity index (χ1n) is 5.73. The van der Waals surface area contributed by atoms with E-state index in [4.69, 9.17) is 9.47 Å². The van der Waals surface area contributed by atoms with Crippen LogP contribution < -0.4 is 9.47 Å². The summed E-state index contributed by atoms with van der Waals surface area (Å²) >= 11 is 3.58. The van der Waals surface area contributed by atoms with E-state index in [-0.39, 0.29) is 18.8 Å². The molecule has 1 aliphatic rings. The van der Waals surface area contributed by atoms with Crippen molar-refractivity contribution in [2.45, 2.75) is 32.6 Å². The van der Waals surface area contributed by atoms with E-state index in [1.54, 1.807) is 0 Å². The van der Waals surface area contributed by atoms with Crippen molar-refractivity contribution in [1.29, 1.82) is 0 Å². The molecule has 1 aromatic rings. The Hall–Kier alpha value is -0.740. The summed E-state index contributed by atoms with van der Waals surface area (Å²) in [6.45, 7) is 6.51. The quantitative estimate of drug-likeness (QED) is 0.932. The van der Waals surface area contributed by atoms with Crippen LogP contribution in [0.4, 0.5) is 0 Å². The number of aliphatic hydroxyl groups excluding tert-OH is 1. The summed E-state index contributed by atoms with van der Waals surface area (Å²) in [5.74, 6) is 1.53. The normalized spacial score (nSPS) is 14.2. The van der Waals surface area contributed by atoms with Crippen molar-refractivity contribution < 1.29 is 14.6 Å². The maximum Gasteiger partial charge on any atom is 0.231 e. The highest BCUT2D eigenvalue weighted by atomic mass is 79.9. The van der Waals surface area contributed by atoms with Crippen molar-refractivity contribution in [2.24, 2.45) is 0 Å². The van der Waals surface area contributed by atoms with Crippen LogP contribution in [0.2, 0.25) is 0 Å². The molecule has 1 heterocycles. The zero-order valence-corrected chi connectivity index (χ0v) is 11.9. The van der Waals surface area contributed by atoms with Crippen molar-refractivity contribution in [3.8, 4) is 11.5 Å². The third-order valence-corrected chi connectivity index (χ3v) is 4.02. The predicted octanol–water partition coefficient (Wildman–Crippen LogP) is 3.01. The van der Waals surface area contributed by atoms with Crippen LogP contribution >= 0.6 is 15.9 Å². The van der Waals surface area contributed by atoms with Gasteiger partial charge in [0.1, 0.15) is 0 Å². The molecule has 0 fully saturated rings. The Labute approximate surface area is 110 Å². The Morgan fingerprint density at radius 1 is 1.41 bits per heavy atom. The minimum absolute atomic E-state index is 0.103. The summed E-state index contributed by atoms with van der Waals surface area (Å²) < 4.78 is 11.8. The number of rotatable bonds is 3. The van der Waals surface area contributed by atoms with Gasteiger partial charge < -0.3 is 14.6 Å². The van der Waals surface area contributed by atoms with Crippen LogP contribution in [0.3, 0.4) is 0 Å². The largest absolute Gasteiger partial charge is 0.454 e. The third-order valence-electron chi connectivity index (χ3n) is 3.18. The maximum absolute atomic E-state index is 9.52. The fourth-order valence-electron chi connectivity index (χ4n) is 2.08. The van der Waals surface area contributed by atoms with Gasteiger partial charge in [0.05, 0.1) is 11.1 Å². The molecule has 1 aromatic carbocycles. The molecule has 4 heteroatoms. The molecular formula is C13H17BrO3. The minimum Gasteiger partial charge on any atom is -0.454 e. The van der Waals surface area contributed by atoms with Crippen LogP contribution in [0, 0.1) is 0 Å². The molecule has 0 amide bonds. The molecule has 3 nitrogen and oxygen atoms in total. The average molecular weight is 301 g/mol. The number of hydrogen-bond donors (Lipinski definition) is 1. The molecule has 17 heavy (non-hydrogen) atoms. The van der Waals surface area contributed by atoms with Gasteiger partial charge in [0, 0.05) is 5.41 Å². The molecular weight excluding hydrogens is 284 g/mol. The first-order valence-corrected chi connectivity index (χ1v) is 6.53. The second kappa shape index (κ2) is 4.50. The molecule has 0 saturated carbocycles. The van der Waals surface area contributed by atoms with E-state index in [1.807, 2.05) is 19.9 Å². The Morgan fingerprint density at radius 2 is 2.12 bits per heavy atom. The molecule has 2 rings (SSSR count). The highest BCUT2D eigenvalue weighted by Crippen LogP contribution is 2.45. The summed E-state index contributed by atoms with van der Waals surface area (Å²) in [4.78, 5) is 0.